The molecule has 0 saturated carbocycles. The number of aromatic nitrogens is 4. The Kier molecular flexibility index (Phi) is 15.6. The molecule has 0 N–H and O–H groups in total. The van der Waals surface area contributed by atoms with Gasteiger partial charge in [0.1, 0.15) is 6.33 Å². The Hall–Kier alpha value is -1.84. The van der Waals surface area contributed by atoms with E-state index in [1.165, 1.54) is 6.33 Å². The highest BCUT2D eigenvalue weighted by Crippen LogP contribution is 1.82. The first kappa shape index (κ1) is 18.5. The van der Waals surface area contributed by atoms with Crippen LogP contribution in [0.2, 0.25) is 0 Å². The molecule has 0 fully saturated rings. The molecule has 0 bridgehead atoms. The van der Waals surface area contributed by atoms with Crippen molar-refractivity contribution in [3.8, 4) is 0 Å². The molecule has 0 saturated heterocycles. The van der Waals surface area contributed by atoms with Gasteiger partial charge in [0.25, 0.3) is 0 Å². The summed E-state index contributed by atoms with van der Waals surface area (Å²) in [7, 11) is 0. The van der Waals surface area contributed by atoms with Crippen molar-refractivity contribution in [1.82, 2.24) is 19.9 Å². The molecule has 0 aliphatic heterocycles. The van der Waals surface area contributed by atoms with Gasteiger partial charge in [-0.15, -0.1) is 0 Å². The van der Waals surface area contributed by atoms with Crippen LogP contribution in [-0.4, -0.2) is 19.9 Å². The molecule has 18 heavy (non-hydrogen) atoms. The Balaban J connectivity index is 0. The van der Waals surface area contributed by atoms with Crippen LogP contribution in [0.5, 0.6) is 0 Å². The second-order valence-electron chi connectivity index (χ2n) is 2.70. The van der Waals surface area contributed by atoms with Gasteiger partial charge in [-0.05, 0) is 19.9 Å². The first-order valence-corrected chi connectivity index (χ1v) is 6.24. The lowest BCUT2D eigenvalue weighted by Gasteiger charge is -1.81. The van der Waals surface area contributed by atoms with Crippen molar-refractivity contribution in [2.45, 2.75) is 41.5 Å². The summed E-state index contributed by atoms with van der Waals surface area (Å²) in [6, 6.07) is 1.86. The molecule has 2 aromatic heterocycles. The number of hydrogen-bond donors (Lipinski definition) is 0. The molecule has 4 nitrogen and oxygen atoms in total. The lowest BCUT2D eigenvalue weighted by Crippen LogP contribution is -1.77. The highest BCUT2D eigenvalue weighted by Gasteiger charge is 1.75. The second kappa shape index (κ2) is 15.2. The SMILES string of the molecule is CC.CC.Cc1ccncn1.Cc1cnccn1. The number of nitrogens with zero attached hydrogens (tertiary/aromatic N) is 4. The fourth-order valence-corrected chi connectivity index (χ4v) is 0.730. The Labute approximate surface area is 111 Å². The zero-order chi connectivity index (χ0) is 14.2. The molecular formula is C14H24N4. The fourth-order valence-electron chi connectivity index (χ4n) is 0.730. The third-order valence-electron chi connectivity index (χ3n) is 1.42. The molecule has 0 aromatic carbocycles. The van der Waals surface area contributed by atoms with E-state index in [1.807, 2.05) is 47.6 Å². The molecule has 2 aromatic rings. The molecule has 0 atom stereocenters. The Morgan fingerprint density at radius 1 is 0.722 bits per heavy atom. The highest BCUT2D eigenvalue weighted by atomic mass is 14.8. The monoisotopic (exact) mass is 248 g/mol. The largest absolute Gasteiger partial charge is 0.261 e. The van der Waals surface area contributed by atoms with Crippen molar-refractivity contribution >= 4 is 0 Å². The number of hydrogen-bond acceptors (Lipinski definition) is 4. The Bertz CT molecular complexity index is 311. The Morgan fingerprint density at radius 3 is 1.61 bits per heavy atom. The van der Waals surface area contributed by atoms with Crippen LogP contribution in [0.4, 0.5) is 0 Å². The topological polar surface area (TPSA) is 51.6 Å². The molecule has 0 aliphatic rings. The zero-order valence-corrected chi connectivity index (χ0v) is 12.3. The van der Waals surface area contributed by atoms with Crippen LogP contribution in [0.1, 0.15) is 39.1 Å². The van der Waals surface area contributed by atoms with Crippen molar-refractivity contribution < 1.29 is 0 Å². The van der Waals surface area contributed by atoms with Crippen LogP contribution in [0.3, 0.4) is 0 Å². The van der Waals surface area contributed by atoms with Gasteiger partial charge in [-0.3, -0.25) is 9.97 Å². The van der Waals surface area contributed by atoms with E-state index in [9.17, 15) is 0 Å². The van der Waals surface area contributed by atoms with E-state index >= 15 is 0 Å². The average molecular weight is 248 g/mol. The molecule has 0 unspecified atom stereocenters. The number of aryl methyl sites for hydroxylation is 2. The maximum Gasteiger partial charge on any atom is 0.115 e. The van der Waals surface area contributed by atoms with E-state index in [2.05, 4.69) is 19.9 Å². The minimum atomic E-state index is 0.961. The minimum absolute atomic E-state index is 0.961. The van der Waals surface area contributed by atoms with Gasteiger partial charge in [-0.1, -0.05) is 27.7 Å². The summed E-state index contributed by atoms with van der Waals surface area (Å²) >= 11 is 0. The summed E-state index contributed by atoms with van der Waals surface area (Å²) in [4.78, 5) is 15.3. The van der Waals surface area contributed by atoms with E-state index in [-0.39, 0.29) is 0 Å². The van der Waals surface area contributed by atoms with Crippen molar-refractivity contribution in [2.75, 3.05) is 0 Å². The molecule has 0 radical (unpaired) electrons. The molecule has 0 spiro atoms. The van der Waals surface area contributed by atoms with E-state index in [0.717, 1.165) is 11.4 Å². The van der Waals surface area contributed by atoms with Crippen LogP contribution in [0.25, 0.3) is 0 Å². The van der Waals surface area contributed by atoms with Gasteiger partial charge < -0.3 is 0 Å². The summed E-state index contributed by atoms with van der Waals surface area (Å²) in [6.45, 7) is 11.8. The molecule has 4 heteroatoms. The van der Waals surface area contributed by atoms with Crippen LogP contribution >= 0.6 is 0 Å². The predicted molar refractivity (Wildman–Crippen MR) is 76.2 cm³/mol. The van der Waals surface area contributed by atoms with Crippen LogP contribution in [0, 0.1) is 13.8 Å². The van der Waals surface area contributed by atoms with Gasteiger partial charge in [-0.25, -0.2) is 9.97 Å². The summed E-state index contributed by atoms with van der Waals surface area (Å²) < 4.78 is 0. The third-order valence-corrected chi connectivity index (χ3v) is 1.42. The molecule has 2 heterocycles. The normalized spacial score (nSPS) is 7.44. The Morgan fingerprint density at radius 2 is 1.39 bits per heavy atom. The summed E-state index contributed by atoms with van der Waals surface area (Å²) in [6.07, 6.45) is 8.32. The summed E-state index contributed by atoms with van der Waals surface area (Å²) in [5.74, 6) is 0. The average Bonchev–Trinajstić information content (AvgIpc) is 2.46. The molecular weight excluding hydrogens is 224 g/mol. The van der Waals surface area contributed by atoms with E-state index < -0.39 is 0 Å². The van der Waals surface area contributed by atoms with Crippen molar-refractivity contribution in [3.63, 3.8) is 0 Å². The molecule has 0 aliphatic carbocycles. The second-order valence-corrected chi connectivity index (χ2v) is 2.70. The molecule has 100 valence electrons. The zero-order valence-electron chi connectivity index (χ0n) is 12.3. The van der Waals surface area contributed by atoms with Gasteiger partial charge in [0.05, 0.1) is 5.69 Å². The van der Waals surface area contributed by atoms with Gasteiger partial charge in [-0.2, -0.15) is 0 Å². The lowest BCUT2D eigenvalue weighted by atomic mass is 10.5. The fraction of sp³-hybridized carbons (Fsp3) is 0.429. The van der Waals surface area contributed by atoms with Gasteiger partial charge >= 0.3 is 0 Å². The number of rotatable bonds is 0. The summed E-state index contributed by atoms with van der Waals surface area (Å²) in [5, 5.41) is 0. The quantitative estimate of drug-likeness (QED) is 0.714. The van der Waals surface area contributed by atoms with Crippen molar-refractivity contribution in [2.24, 2.45) is 0 Å². The van der Waals surface area contributed by atoms with Crippen molar-refractivity contribution in [3.05, 3.63) is 48.6 Å². The first-order valence-electron chi connectivity index (χ1n) is 6.24. The van der Waals surface area contributed by atoms with Gasteiger partial charge in [0.15, 0.2) is 0 Å². The maximum atomic E-state index is 3.92. The standard InChI is InChI=1S/2C5H6N2.2C2H6/c1-5-4-6-2-3-7-5;1-5-2-3-6-4-7-5;2*1-2/h2*2-4H,1H3;2*1-2H3. The van der Waals surface area contributed by atoms with Crippen molar-refractivity contribution in [1.29, 1.82) is 0 Å². The van der Waals surface area contributed by atoms with Gasteiger partial charge in [0.2, 0.25) is 0 Å². The van der Waals surface area contributed by atoms with E-state index in [0.29, 0.717) is 0 Å². The molecule has 0 amide bonds. The first-order chi connectivity index (χ1) is 8.79. The maximum absolute atomic E-state index is 3.92. The van der Waals surface area contributed by atoms with Crippen LogP contribution in [0.15, 0.2) is 37.2 Å². The lowest BCUT2D eigenvalue weighted by molar-refractivity contribution is 1.10. The van der Waals surface area contributed by atoms with Crippen LogP contribution < -0.4 is 0 Å². The minimum Gasteiger partial charge on any atom is -0.261 e. The summed E-state index contributed by atoms with van der Waals surface area (Å²) in [5.41, 5.74) is 1.97. The van der Waals surface area contributed by atoms with E-state index in [1.54, 1.807) is 24.8 Å². The van der Waals surface area contributed by atoms with E-state index in [4.69, 9.17) is 0 Å². The third kappa shape index (κ3) is 12.2. The van der Waals surface area contributed by atoms with Crippen LogP contribution in [-0.2, 0) is 0 Å². The molecule has 2 rings (SSSR count). The highest BCUT2D eigenvalue weighted by molar-refractivity contribution is 4.92. The van der Waals surface area contributed by atoms with Gasteiger partial charge in [0, 0.05) is 30.5 Å². The predicted octanol–water partition coefficient (Wildman–Crippen LogP) is 3.62. The smallest absolute Gasteiger partial charge is 0.115 e.